The van der Waals surface area contributed by atoms with Gasteiger partial charge < -0.3 is 15.5 Å². The minimum atomic E-state index is -1.05. The maximum Gasteiger partial charge on any atom is 0.320 e. The van der Waals surface area contributed by atoms with Crippen LogP contribution in [0.2, 0.25) is 10.0 Å². The van der Waals surface area contributed by atoms with E-state index in [1.807, 2.05) is 13.8 Å². The number of hydrogen-bond acceptors (Lipinski definition) is 5. The SMILES string of the molecule is CC(C)CC(NCC(C(=O)O)c1nc(Cc2cc(Cl)cc(Cl)c2)cs1)C(=O)O. The molecular formula is C19H22Cl2N2O4S. The third-order valence-corrected chi connectivity index (χ3v) is 5.49. The molecule has 0 fully saturated rings. The zero-order valence-corrected chi connectivity index (χ0v) is 17.8. The van der Waals surface area contributed by atoms with Crippen LogP contribution in [0.4, 0.5) is 0 Å². The topological polar surface area (TPSA) is 99.5 Å². The molecule has 0 saturated heterocycles. The third kappa shape index (κ3) is 6.74. The summed E-state index contributed by atoms with van der Waals surface area (Å²) in [5.41, 5.74) is 1.59. The second kappa shape index (κ2) is 10.2. The van der Waals surface area contributed by atoms with E-state index in [-0.39, 0.29) is 12.5 Å². The van der Waals surface area contributed by atoms with Gasteiger partial charge in [-0.25, -0.2) is 4.98 Å². The van der Waals surface area contributed by atoms with Crippen LogP contribution in [-0.2, 0) is 16.0 Å². The van der Waals surface area contributed by atoms with Gasteiger partial charge in [-0.2, -0.15) is 0 Å². The number of nitrogens with one attached hydrogen (secondary N) is 1. The van der Waals surface area contributed by atoms with Crippen LogP contribution in [0.1, 0.15) is 42.5 Å². The quantitative estimate of drug-likeness (QED) is 0.505. The Bertz CT molecular complexity index is 821. The van der Waals surface area contributed by atoms with Crippen molar-refractivity contribution < 1.29 is 19.8 Å². The number of carbonyl (C=O) groups is 2. The molecule has 0 radical (unpaired) electrons. The number of thiazole rings is 1. The Morgan fingerprint density at radius 3 is 2.32 bits per heavy atom. The van der Waals surface area contributed by atoms with Gasteiger partial charge in [-0.05, 0) is 36.1 Å². The fourth-order valence-corrected chi connectivity index (χ4v) is 4.25. The Labute approximate surface area is 177 Å². The first-order chi connectivity index (χ1) is 13.2. The molecule has 2 rings (SSSR count). The number of aliphatic carboxylic acids is 2. The van der Waals surface area contributed by atoms with Gasteiger partial charge in [0.05, 0.1) is 5.69 Å². The summed E-state index contributed by atoms with van der Waals surface area (Å²) in [6.07, 6.45) is 0.891. The van der Waals surface area contributed by atoms with Crippen molar-refractivity contribution in [2.75, 3.05) is 6.54 Å². The maximum atomic E-state index is 11.7. The Morgan fingerprint density at radius 1 is 1.14 bits per heavy atom. The van der Waals surface area contributed by atoms with Crippen LogP contribution in [0, 0.1) is 5.92 Å². The largest absolute Gasteiger partial charge is 0.481 e. The first kappa shape index (κ1) is 22.6. The van der Waals surface area contributed by atoms with E-state index in [9.17, 15) is 19.8 Å². The zero-order valence-electron chi connectivity index (χ0n) is 15.5. The van der Waals surface area contributed by atoms with Crippen molar-refractivity contribution in [2.45, 2.75) is 38.6 Å². The lowest BCUT2D eigenvalue weighted by atomic mass is 10.0. The van der Waals surface area contributed by atoms with Crippen molar-refractivity contribution in [3.63, 3.8) is 0 Å². The van der Waals surface area contributed by atoms with Gasteiger partial charge in [0, 0.05) is 28.4 Å². The van der Waals surface area contributed by atoms with Gasteiger partial charge in [-0.15, -0.1) is 11.3 Å². The van der Waals surface area contributed by atoms with Crippen molar-refractivity contribution >= 4 is 46.5 Å². The lowest BCUT2D eigenvalue weighted by Gasteiger charge is -2.18. The Balaban J connectivity index is 2.10. The Morgan fingerprint density at radius 2 is 1.79 bits per heavy atom. The summed E-state index contributed by atoms with van der Waals surface area (Å²) in [6.45, 7) is 3.83. The number of hydrogen-bond donors (Lipinski definition) is 3. The van der Waals surface area contributed by atoms with E-state index in [0.717, 1.165) is 5.56 Å². The molecule has 0 bridgehead atoms. The molecule has 3 N–H and O–H groups in total. The summed E-state index contributed by atoms with van der Waals surface area (Å²) in [6, 6.07) is 4.41. The van der Waals surface area contributed by atoms with Crippen molar-refractivity contribution in [1.82, 2.24) is 10.3 Å². The fourth-order valence-electron chi connectivity index (χ4n) is 2.77. The van der Waals surface area contributed by atoms with Crippen LogP contribution in [-0.4, -0.2) is 39.7 Å². The first-order valence-corrected chi connectivity index (χ1v) is 10.4. The summed E-state index contributed by atoms with van der Waals surface area (Å²) >= 11 is 13.3. The molecule has 152 valence electrons. The molecule has 2 atom stereocenters. The molecule has 1 aromatic heterocycles. The van der Waals surface area contributed by atoms with Crippen LogP contribution in [0.25, 0.3) is 0 Å². The van der Waals surface area contributed by atoms with Crippen molar-refractivity contribution in [1.29, 1.82) is 0 Å². The number of nitrogens with zero attached hydrogens (tertiary/aromatic N) is 1. The van der Waals surface area contributed by atoms with E-state index in [0.29, 0.717) is 33.6 Å². The number of benzene rings is 1. The van der Waals surface area contributed by atoms with E-state index >= 15 is 0 Å². The van der Waals surface area contributed by atoms with Crippen molar-refractivity contribution in [3.8, 4) is 0 Å². The maximum absolute atomic E-state index is 11.7. The number of aromatic nitrogens is 1. The van der Waals surface area contributed by atoms with E-state index in [1.165, 1.54) is 11.3 Å². The van der Waals surface area contributed by atoms with Gasteiger partial charge in [-0.3, -0.25) is 9.59 Å². The number of rotatable bonds is 10. The molecule has 28 heavy (non-hydrogen) atoms. The molecule has 1 heterocycles. The predicted molar refractivity (Wildman–Crippen MR) is 111 cm³/mol. The van der Waals surface area contributed by atoms with Crippen LogP contribution in [0.5, 0.6) is 0 Å². The molecule has 0 aliphatic heterocycles. The minimum Gasteiger partial charge on any atom is -0.481 e. The summed E-state index contributed by atoms with van der Waals surface area (Å²) in [5, 5.41) is 25.0. The Hall–Kier alpha value is -1.67. The zero-order chi connectivity index (χ0) is 20.8. The van der Waals surface area contributed by atoms with E-state index < -0.39 is 23.9 Å². The fraction of sp³-hybridized carbons (Fsp3) is 0.421. The normalized spacial score (nSPS) is 13.5. The highest BCUT2D eigenvalue weighted by atomic mass is 35.5. The lowest BCUT2D eigenvalue weighted by molar-refractivity contribution is -0.142. The average molecular weight is 445 g/mol. The van der Waals surface area contributed by atoms with Gasteiger partial charge in [0.25, 0.3) is 0 Å². The minimum absolute atomic E-state index is 0.00499. The van der Waals surface area contributed by atoms with Crippen LogP contribution < -0.4 is 5.32 Å². The highest BCUT2D eigenvalue weighted by Gasteiger charge is 2.27. The number of carboxylic acid groups (broad SMARTS) is 2. The van der Waals surface area contributed by atoms with Crippen LogP contribution in [0.3, 0.4) is 0 Å². The molecule has 0 aliphatic carbocycles. The molecule has 0 spiro atoms. The molecule has 1 aromatic carbocycles. The summed E-state index contributed by atoms with van der Waals surface area (Å²) < 4.78 is 0. The van der Waals surface area contributed by atoms with Gasteiger partial charge in [-0.1, -0.05) is 37.0 Å². The number of carboxylic acids is 2. The van der Waals surface area contributed by atoms with Gasteiger partial charge >= 0.3 is 11.9 Å². The van der Waals surface area contributed by atoms with Gasteiger partial charge in [0.2, 0.25) is 0 Å². The first-order valence-electron chi connectivity index (χ1n) is 8.74. The van der Waals surface area contributed by atoms with Crippen LogP contribution >= 0.6 is 34.5 Å². The smallest absolute Gasteiger partial charge is 0.320 e. The predicted octanol–water partition coefficient (Wildman–Crippen LogP) is 4.30. The molecule has 9 heteroatoms. The van der Waals surface area contributed by atoms with Crippen molar-refractivity contribution in [2.24, 2.45) is 5.92 Å². The standard InChI is InChI=1S/C19H22Cl2N2O4S/c1-10(2)3-16(19(26)27)22-8-15(18(24)25)17-23-14(9-28-17)6-11-4-12(20)7-13(21)5-11/h4-5,7,9-10,15-16,22H,3,6,8H2,1-2H3,(H,24,25)(H,26,27). The molecule has 0 amide bonds. The highest BCUT2D eigenvalue weighted by molar-refractivity contribution is 7.09. The highest BCUT2D eigenvalue weighted by Crippen LogP contribution is 2.25. The summed E-state index contributed by atoms with van der Waals surface area (Å²) in [4.78, 5) is 27.5. The molecule has 0 saturated carbocycles. The average Bonchev–Trinajstić information content (AvgIpc) is 3.00. The van der Waals surface area contributed by atoms with E-state index in [4.69, 9.17) is 23.2 Å². The molecule has 2 unspecified atom stereocenters. The second-order valence-electron chi connectivity index (χ2n) is 6.95. The van der Waals surface area contributed by atoms with E-state index in [1.54, 1.807) is 23.6 Å². The van der Waals surface area contributed by atoms with Crippen molar-refractivity contribution in [3.05, 3.63) is 49.9 Å². The van der Waals surface area contributed by atoms with E-state index in [2.05, 4.69) is 10.3 Å². The summed E-state index contributed by atoms with van der Waals surface area (Å²) in [7, 11) is 0. The second-order valence-corrected chi connectivity index (χ2v) is 8.71. The van der Waals surface area contributed by atoms with Gasteiger partial charge in [0.1, 0.15) is 17.0 Å². The molecule has 2 aromatic rings. The monoisotopic (exact) mass is 444 g/mol. The van der Waals surface area contributed by atoms with Crippen LogP contribution in [0.15, 0.2) is 23.6 Å². The number of halogens is 2. The van der Waals surface area contributed by atoms with Gasteiger partial charge in [0.15, 0.2) is 0 Å². The molecule has 0 aliphatic rings. The summed E-state index contributed by atoms with van der Waals surface area (Å²) in [5.74, 6) is -2.79. The Kier molecular flexibility index (Phi) is 8.24. The molecular weight excluding hydrogens is 423 g/mol. The lowest BCUT2D eigenvalue weighted by Crippen LogP contribution is -2.41. The molecule has 6 nitrogen and oxygen atoms in total. The third-order valence-electron chi connectivity index (χ3n) is 4.05.